The van der Waals surface area contributed by atoms with E-state index in [2.05, 4.69) is 4.90 Å². The Bertz CT molecular complexity index is 858. The third kappa shape index (κ3) is 4.73. The molecule has 0 bridgehead atoms. The van der Waals surface area contributed by atoms with Crippen LogP contribution >= 0.6 is 34.8 Å². The minimum Gasteiger partial charge on any atom is -0.479 e. The van der Waals surface area contributed by atoms with Crippen LogP contribution in [-0.4, -0.2) is 52.9 Å². The Balaban J connectivity index is 1.92. The van der Waals surface area contributed by atoms with Gasteiger partial charge in [-0.15, -0.1) is 0 Å². The maximum atomic E-state index is 11.3. The molecule has 2 atom stereocenters. The maximum absolute atomic E-state index is 11.3. The van der Waals surface area contributed by atoms with Crippen LogP contribution in [0.3, 0.4) is 0 Å². The number of hydrogen-bond donors (Lipinski definition) is 2. The summed E-state index contributed by atoms with van der Waals surface area (Å²) < 4.78 is 0. The average Bonchev–Trinajstić information content (AvgIpc) is 2.62. The van der Waals surface area contributed by atoms with E-state index in [4.69, 9.17) is 34.8 Å². The maximum Gasteiger partial charge on any atom is 0.336 e. The summed E-state index contributed by atoms with van der Waals surface area (Å²) in [6.45, 7) is 3.09. The van der Waals surface area contributed by atoms with Gasteiger partial charge in [-0.05, 0) is 42.8 Å². The highest BCUT2D eigenvalue weighted by molar-refractivity contribution is 6.36. The predicted molar refractivity (Wildman–Crippen MR) is 113 cm³/mol. The summed E-state index contributed by atoms with van der Waals surface area (Å²) in [4.78, 5) is 15.4. The number of aliphatic hydroxyl groups is 1. The van der Waals surface area contributed by atoms with E-state index >= 15 is 0 Å². The molecule has 28 heavy (non-hydrogen) atoms. The van der Waals surface area contributed by atoms with Gasteiger partial charge in [0.2, 0.25) is 0 Å². The molecule has 1 fully saturated rings. The van der Waals surface area contributed by atoms with Crippen LogP contribution in [0.1, 0.15) is 18.5 Å². The summed E-state index contributed by atoms with van der Waals surface area (Å²) in [5.74, 6) is -1.24. The minimum absolute atomic E-state index is 0.0363. The lowest BCUT2D eigenvalue weighted by atomic mass is 9.99. The lowest BCUT2D eigenvalue weighted by Gasteiger charge is -2.44. The Morgan fingerprint density at radius 1 is 1.11 bits per heavy atom. The third-order valence-electron chi connectivity index (χ3n) is 4.93. The SMILES string of the molecule is CC(O)(CN1CCN(c2ccc(Cl)cc2Cl)[C@H](c2ccc(Cl)cc2)C1)C(=O)O. The number of anilines is 1. The van der Waals surface area contributed by atoms with Gasteiger partial charge in [0.1, 0.15) is 0 Å². The van der Waals surface area contributed by atoms with E-state index in [1.165, 1.54) is 6.92 Å². The summed E-state index contributed by atoms with van der Waals surface area (Å²) in [5.41, 5.74) is 0.0655. The summed E-state index contributed by atoms with van der Waals surface area (Å²) in [5, 5.41) is 21.2. The molecule has 150 valence electrons. The van der Waals surface area contributed by atoms with Gasteiger partial charge in [-0.1, -0.05) is 46.9 Å². The number of rotatable bonds is 5. The van der Waals surface area contributed by atoms with Gasteiger partial charge in [-0.25, -0.2) is 4.79 Å². The highest BCUT2D eigenvalue weighted by Crippen LogP contribution is 2.37. The summed E-state index contributed by atoms with van der Waals surface area (Å²) in [6.07, 6.45) is 0. The molecule has 1 unspecified atom stereocenters. The van der Waals surface area contributed by atoms with Crippen LogP contribution in [0, 0.1) is 0 Å². The number of aliphatic carboxylic acids is 1. The lowest BCUT2D eigenvalue weighted by molar-refractivity contribution is -0.158. The van der Waals surface area contributed by atoms with Crippen LogP contribution in [0.5, 0.6) is 0 Å². The Labute approximate surface area is 179 Å². The van der Waals surface area contributed by atoms with Crippen LogP contribution in [0.15, 0.2) is 42.5 Å². The number of β-amino-alcohol motifs (C(OH)–C–C–N with tert-alkyl or cyclic N) is 1. The Kier molecular flexibility index (Phi) is 6.42. The van der Waals surface area contributed by atoms with E-state index in [1.807, 2.05) is 35.2 Å². The van der Waals surface area contributed by atoms with E-state index in [0.717, 1.165) is 11.3 Å². The van der Waals surface area contributed by atoms with Gasteiger partial charge >= 0.3 is 5.97 Å². The zero-order valence-electron chi connectivity index (χ0n) is 15.3. The van der Waals surface area contributed by atoms with Crippen molar-refractivity contribution in [2.45, 2.75) is 18.6 Å². The van der Waals surface area contributed by atoms with Crippen molar-refractivity contribution in [1.82, 2.24) is 4.90 Å². The molecule has 0 radical (unpaired) electrons. The molecule has 2 aromatic rings. The zero-order valence-corrected chi connectivity index (χ0v) is 17.5. The highest BCUT2D eigenvalue weighted by atomic mass is 35.5. The number of carbonyl (C=O) groups is 1. The van der Waals surface area contributed by atoms with Crippen LogP contribution < -0.4 is 4.90 Å². The van der Waals surface area contributed by atoms with Gasteiger partial charge in [0.05, 0.1) is 16.8 Å². The number of piperazine rings is 1. The van der Waals surface area contributed by atoms with Gasteiger partial charge in [-0.2, -0.15) is 0 Å². The van der Waals surface area contributed by atoms with E-state index in [9.17, 15) is 15.0 Å². The molecule has 1 saturated heterocycles. The van der Waals surface area contributed by atoms with E-state index in [0.29, 0.717) is 34.7 Å². The summed E-state index contributed by atoms with van der Waals surface area (Å²) in [6, 6.07) is 12.8. The fourth-order valence-corrected chi connectivity index (χ4v) is 4.10. The Morgan fingerprint density at radius 3 is 2.36 bits per heavy atom. The molecule has 3 rings (SSSR count). The average molecular weight is 444 g/mol. The number of nitrogens with zero attached hydrogens (tertiary/aromatic N) is 2. The molecule has 2 aromatic carbocycles. The molecular weight excluding hydrogens is 423 g/mol. The normalized spacial score (nSPS) is 20.0. The molecule has 5 nitrogen and oxygen atoms in total. The first-order valence-corrected chi connectivity index (χ1v) is 9.96. The van der Waals surface area contributed by atoms with Crippen molar-refractivity contribution in [3.05, 3.63) is 63.1 Å². The van der Waals surface area contributed by atoms with Gasteiger partial charge in [-0.3, -0.25) is 4.90 Å². The standard InChI is InChI=1S/C20H21Cl3N2O3/c1-20(28,19(26)27)12-24-8-9-25(17-7-6-15(22)10-16(17)23)18(11-24)13-2-4-14(21)5-3-13/h2-7,10,18,28H,8-9,11-12H2,1H3,(H,26,27)/t18-,20?/m0/s1. The van der Waals surface area contributed by atoms with E-state index < -0.39 is 11.6 Å². The second-order valence-electron chi connectivity index (χ2n) is 7.17. The molecule has 1 aliphatic rings. The molecule has 0 spiro atoms. The summed E-state index contributed by atoms with van der Waals surface area (Å²) >= 11 is 18.5. The van der Waals surface area contributed by atoms with Crippen molar-refractivity contribution in [2.75, 3.05) is 31.1 Å². The lowest BCUT2D eigenvalue weighted by Crippen LogP contribution is -2.54. The van der Waals surface area contributed by atoms with Gasteiger partial charge in [0.15, 0.2) is 5.60 Å². The number of benzene rings is 2. The van der Waals surface area contributed by atoms with Crippen LogP contribution in [0.4, 0.5) is 5.69 Å². The fraction of sp³-hybridized carbons (Fsp3) is 0.350. The topological polar surface area (TPSA) is 64.0 Å². The van der Waals surface area contributed by atoms with Crippen molar-refractivity contribution in [3.63, 3.8) is 0 Å². The van der Waals surface area contributed by atoms with Crippen LogP contribution in [0.25, 0.3) is 0 Å². The molecule has 0 aliphatic carbocycles. The first kappa shape index (κ1) is 21.2. The van der Waals surface area contributed by atoms with Crippen LogP contribution in [-0.2, 0) is 4.79 Å². The monoisotopic (exact) mass is 442 g/mol. The number of halogens is 3. The van der Waals surface area contributed by atoms with Crippen LogP contribution in [0.2, 0.25) is 15.1 Å². The molecule has 8 heteroatoms. The third-order valence-corrected chi connectivity index (χ3v) is 5.72. The summed E-state index contributed by atoms with van der Waals surface area (Å²) in [7, 11) is 0. The fourth-order valence-electron chi connectivity index (χ4n) is 3.46. The van der Waals surface area contributed by atoms with Gasteiger partial charge in [0.25, 0.3) is 0 Å². The number of carboxylic acids is 1. The highest BCUT2D eigenvalue weighted by Gasteiger charge is 2.36. The van der Waals surface area contributed by atoms with Gasteiger partial charge < -0.3 is 15.1 Å². The van der Waals surface area contributed by atoms with Crippen molar-refractivity contribution >= 4 is 46.5 Å². The first-order chi connectivity index (χ1) is 13.2. The molecule has 1 aliphatic heterocycles. The largest absolute Gasteiger partial charge is 0.479 e. The zero-order chi connectivity index (χ0) is 20.5. The molecule has 0 saturated carbocycles. The minimum atomic E-state index is -1.81. The smallest absolute Gasteiger partial charge is 0.336 e. The molecule has 0 amide bonds. The number of carboxylic acid groups (broad SMARTS) is 1. The van der Waals surface area contributed by atoms with E-state index in [1.54, 1.807) is 12.1 Å². The first-order valence-electron chi connectivity index (χ1n) is 8.82. The predicted octanol–water partition coefficient (Wildman–Crippen LogP) is 4.35. The van der Waals surface area contributed by atoms with E-state index in [-0.39, 0.29) is 12.6 Å². The van der Waals surface area contributed by atoms with Crippen molar-refractivity contribution in [1.29, 1.82) is 0 Å². The Morgan fingerprint density at radius 2 is 1.75 bits per heavy atom. The molecule has 2 N–H and O–H groups in total. The Hall–Kier alpha value is -1.50. The van der Waals surface area contributed by atoms with Crippen molar-refractivity contribution < 1.29 is 15.0 Å². The second kappa shape index (κ2) is 8.47. The quantitative estimate of drug-likeness (QED) is 0.719. The van der Waals surface area contributed by atoms with Crippen molar-refractivity contribution in [3.8, 4) is 0 Å². The van der Waals surface area contributed by atoms with Crippen molar-refractivity contribution in [2.24, 2.45) is 0 Å². The molecular formula is C20H21Cl3N2O3. The second-order valence-corrected chi connectivity index (χ2v) is 8.45. The van der Waals surface area contributed by atoms with Gasteiger partial charge in [0, 0.05) is 36.2 Å². The molecule has 0 aromatic heterocycles. The number of hydrogen-bond acceptors (Lipinski definition) is 4. The molecule has 1 heterocycles.